The zero-order valence-corrected chi connectivity index (χ0v) is 13.5. The van der Waals surface area contributed by atoms with Gasteiger partial charge >= 0.3 is 0 Å². The van der Waals surface area contributed by atoms with E-state index in [1.54, 1.807) is 0 Å². The Bertz CT molecular complexity index is 542. The summed E-state index contributed by atoms with van der Waals surface area (Å²) in [7, 11) is 0. The van der Waals surface area contributed by atoms with Gasteiger partial charge in [-0.2, -0.15) is 0 Å². The van der Waals surface area contributed by atoms with E-state index in [0.717, 1.165) is 13.4 Å². The summed E-state index contributed by atoms with van der Waals surface area (Å²) in [4.78, 5) is 50.2. The van der Waals surface area contributed by atoms with Gasteiger partial charge in [0.25, 0.3) is 5.91 Å². The van der Waals surface area contributed by atoms with Gasteiger partial charge in [0.1, 0.15) is 12.1 Å². The van der Waals surface area contributed by atoms with Crippen molar-refractivity contribution >= 4 is 46.2 Å². The van der Waals surface area contributed by atoms with Gasteiger partial charge in [-0.1, -0.05) is 6.08 Å². The van der Waals surface area contributed by atoms with Crippen LogP contribution in [0.25, 0.3) is 0 Å². The fourth-order valence-electron chi connectivity index (χ4n) is 2.80. The first-order chi connectivity index (χ1) is 9.29. The maximum absolute atomic E-state index is 12.6. The van der Waals surface area contributed by atoms with Crippen LogP contribution in [0.1, 0.15) is 33.1 Å². The van der Waals surface area contributed by atoms with E-state index in [9.17, 15) is 19.2 Å². The quantitative estimate of drug-likeness (QED) is 0.579. The van der Waals surface area contributed by atoms with Crippen LogP contribution in [-0.4, -0.2) is 45.5 Å². The second-order valence-electron chi connectivity index (χ2n) is 5.05. The van der Waals surface area contributed by atoms with E-state index in [4.69, 9.17) is 0 Å². The Morgan fingerprint density at radius 3 is 2.35 bits per heavy atom. The van der Waals surface area contributed by atoms with Crippen molar-refractivity contribution in [3.63, 3.8) is 0 Å². The first-order valence-corrected chi connectivity index (χ1v) is 7.38. The number of hydrogen-bond donors (Lipinski definition) is 0. The lowest BCUT2D eigenvalue weighted by Crippen LogP contribution is -2.70. The van der Waals surface area contributed by atoms with E-state index in [-0.39, 0.29) is 13.0 Å². The smallest absolute Gasteiger partial charge is 0.256 e. The van der Waals surface area contributed by atoms with Crippen molar-refractivity contribution in [2.45, 2.75) is 38.6 Å². The van der Waals surface area contributed by atoms with Gasteiger partial charge in [-0.25, -0.2) is 0 Å². The maximum atomic E-state index is 12.6. The summed E-state index contributed by atoms with van der Waals surface area (Å²) in [5.74, 6) is -1.84. The van der Waals surface area contributed by atoms with Crippen LogP contribution in [0.5, 0.6) is 0 Å². The van der Waals surface area contributed by atoms with Gasteiger partial charge in [0.2, 0.25) is 17.7 Å². The number of amides is 4. The molecule has 2 aliphatic rings. The van der Waals surface area contributed by atoms with Crippen molar-refractivity contribution in [3.05, 3.63) is 9.66 Å². The average molecular weight is 390 g/mol. The number of carbonyl (C=O) groups is 4. The van der Waals surface area contributed by atoms with Gasteiger partial charge in [0.15, 0.2) is 0 Å². The zero-order chi connectivity index (χ0) is 15.1. The summed E-state index contributed by atoms with van der Waals surface area (Å²) in [5.41, 5.74) is -1.22. The molecule has 0 bridgehead atoms. The third-order valence-corrected chi connectivity index (χ3v) is 4.73. The summed E-state index contributed by atoms with van der Waals surface area (Å²) in [5, 5.41) is 0. The summed E-state index contributed by atoms with van der Waals surface area (Å²) in [6.45, 7) is 2.18. The molecule has 0 radical (unpaired) electrons. The topological polar surface area (TPSA) is 74.8 Å². The van der Waals surface area contributed by atoms with Gasteiger partial charge in [-0.3, -0.25) is 29.0 Å². The molecule has 1 spiro atoms. The molecule has 108 valence electrons. The number of hydrogen-bond acceptors (Lipinski definition) is 4. The largest absolute Gasteiger partial charge is 0.275 e. The summed E-state index contributed by atoms with van der Waals surface area (Å²) in [6.07, 6.45) is 3.12. The lowest BCUT2D eigenvalue weighted by molar-refractivity contribution is -0.174. The van der Waals surface area contributed by atoms with E-state index < -0.39 is 29.2 Å². The fraction of sp³-hybridized carbons (Fsp3) is 0.538. The second-order valence-corrected chi connectivity index (χ2v) is 6.43. The first kappa shape index (κ1) is 15.1. The van der Waals surface area contributed by atoms with E-state index >= 15 is 0 Å². The van der Waals surface area contributed by atoms with E-state index in [2.05, 4.69) is 22.6 Å². The highest BCUT2D eigenvalue weighted by Gasteiger charge is 2.55. The van der Waals surface area contributed by atoms with Crippen molar-refractivity contribution in [1.82, 2.24) is 9.80 Å². The molecule has 0 aromatic heterocycles. The fourth-order valence-corrected chi connectivity index (χ4v) is 3.29. The van der Waals surface area contributed by atoms with Crippen LogP contribution < -0.4 is 0 Å². The molecular formula is C13H15IN2O4. The Balaban J connectivity index is 2.50. The first-order valence-electron chi connectivity index (χ1n) is 6.30. The molecule has 0 aromatic carbocycles. The number of carbonyl (C=O) groups excluding carboxylic acids is 4. The molecule has 0 N–H and O–H groups in total. The molecule has 1 saturated heterocycles. The lowest BCUT2D eigenvalue weighted by atomic mass is 9.80. The van der Waals surface area contributed by atoms with Gasteiger partial charge in [-0.05, 0) is 45.4 Å². The molecule has 1 aliphatic heterocycles. The molecule has 1 unspecified atom stereocenters. The normalized spacial score (nSPS) is 26.9. The van der Waals surface area contributed by atoms with Crippen LogP contribution in [0.3, 0.4) is 0 Å². The van der Waals surface area contributed by atoms with Gasteiger partial charge in [-0.15, -0.1) is 0 Å². The number of piperazine rings is 1. The Morgan fingerprint density at radius 1 is 1.25 bits per heavy atom. The molecule has 1 fully saturated rings. The zero-order valence-electron chi connectivity index (χ0n) is 11.3. The molecule has 7 heteroatoms. The maximum Gasteiger partial charge on any atom is 0.256 e. The molecule has 0 saturated carbocycles. The summed E-state index contributed by atoms with van der Waals surface area (Å²) < 4.78 is 1.09. The van der Waals surface area contributed by atoms with Crippen LogP contribution in [0.15, 0.2) is 9.66 Å². The molecular weight excluding hydrogens is 375 g/mol. The Hall–Kier alpha value is -1.25. The minimum atomic E-state index is -1.22. The minimum Gasteiger partial charge on any atom is -0.275 e. The third-order valence-electron chi connectivity index (χ3n) is 3.75. The van der Waals surface area contributed by atoms with Crippen molar-refractivity contribution < 1.29 is 19.2 Å². The summed E-state index contributed by atoms with van der Waals surface area (Å²) >= 11 is 2.17. The van der Waals surface area contributed by atoms with Crippen molar-refractivity contribution in [2.75, 3.05) is 6.54 Å². The Labute approximate surface area is 130 Å². The number of rotatable bonds is 0. The van der Waals surface area contributed by atoms with E-state index in [1.807, 2.05) is 6.08 Å². The van der Waals surface area contributed by atoms with Gasteiger partial charge < -0.3 is 0 Å². The van der Waals surface area contributed by atoms with Crippen LogP contribution in [-0.2, 0) is 19.2 Å². The van der Waals surface area contributed by atoms with Gasteiger partial charge in [0.05, 0.1) is 0 Å². The second kappa shape index (κ2) is 5.27. The van der Waals surface area contributed by atoms with E-state index in [1.165, 1.54) is 13.8 Å². The summed E-state index contributed by atoms with van der Waals surface area (Å²) in [6, 6.07) is 0. The highest BCUT2D eigenvalue weighted by atomic mass is 127. The molecule has 6 nitrogen and oxygen atoms in total. The molecule has 20 heavy (non-hydrogen) atoms. The molecule has 2 rings (SSSR count). The average Bonchev–Trinajstić information content (AvgIpc) is 2.36. The Morgan fingerprint density at radius 2 is 1.90 bits per heavy atom. The predicted octanol–water partition coefficient (Wildman–Crippen LogP) is 0.992. The Kier molecular flexibility index (Phi) is 3.99. The lowest BCUT2D eigenvalue weighted by Gasteiger charge is -2.47. The standard InChI is InChI=1S/C13H15IN2O4/c1-8(17)15-7-11(19)16(9(2)18)13(12(15)20)5-3-10(14)4-6-13/h3H,4-7H2,1-2H3. The molecule has 0 aromatic rings. The van der Waals surface area contributed by atoms with Gasteiger partial charge in [0, 0.05) is 13.8 Å². The number of halogens is 1. The molecule has 1 heterocycles. The van der Waals surface area contributed by atoms with Crippen molar-refractivity contribution in [1.29, 1.82) is 0 Å². The predicted molar refractivity (Wildman–Crippen MR) is 78.6 cm³/mol. The highest BCUT2D eigenvalue weighted by Crippen LogP contribution is 2.39. The highest BCUT2D eigenvalue weighted by molar-refractivity contribution is 14.1. The monoisotopic (exact) mass is 390 g/mol. The van der Waals surface area contributed by atoms with E-state index in [0.29, 0.717) is 12.8 Å². The van der Waals surface area contributed by atoms with Crippen LogP contribution in [0, 0.1) is 0 Å². The third kappa shape index (κ3) is 2.27. The number of allylic oxidation sites excluding steroid dienone is 1. The molecule has 4 amide bonds. The number of nitrogens with zero attached hydrogens (tertiary/aromatic N) is 2. The van der Waals surface area contributed by atoms with Crippen LogP contribution in [0.2, 0.25) is 0 Å². The van der Waals surface area contributed by atoms with Crippen LogP contribution in [0.4, 0.5) is 0 Å². The molecule has 1 atom stereocenters. The SMILES string of the molecule is CC(=O)N1CC(=O)N(C(C)=O)C2(CC=C(I)CC2)C1=O. The minimum absolute atomic E-state index is 0.277. The number of imide groups is 2. The molecule has 1 aliphatic carbocycles. The van der Waals surface area contributed by atoms with Crippen molar-refractivity contribution in [3.8, 4) is 0 Å². The van der Waals surface area contributed by atoms with Crippen molar-refractivity contribution in [2.24, 2.45) is 0 Å². The van der Waals surface area contributed by atoms with Crippen LogP contribution >= 0.6 is 22.6 Å².